The molecule has 1 atom stereocenters. The molecule has 0 saturated carbocycles. The highest BCUT2D eigenvalue weighted by Crippen LogP contribution is 2.29. The van der Waals surface area contributed by atoms with Crippen LogP contribution in [0.1, 0.15) is 33.1 Å². The number of nitrogens with zero attached hydrogens (tertiary/aromatic N) is 1. The smallest absolute Gasteiger partial charge is 0.251 e. The van der Waals surface area contributed by atoms with E-state index in [0.717, 1.165) is 24.3 Å². The molecule has 1 heterocycles. The van der Waals surface area contributed by atoms with Gasteiger partial charge in [-0.25, -0.2) is 0 Å². The molecule has 0 aliphatic carbocycles. The molecule has 2 aromatic rings. The predicted octanol–water partition coefficient (Wildman–Crippen LogP) is 2.96. The average Bonchev–Trinajstić information content (AvgIpc) is 3.03. The number of carbonyl (C=O) groups excluding carboxylic acids is 1. The first kappa shape index (κ1) is 16.5. The second-order valence-electron chi connectivity index (χ2n) is 6.52. The number of ether oxygens (including phenoxy) is 1. The van der Waals surface area contributed by atoms with E-state index in [4.69, 9.17) is 4.74 Å². The SMILES string of the molecule is Cc1ccc(C(=O)NCC(c2ccc3c(c2)CCO3)N(C)C)cc1. The Labute approximate surface area is 143 Å². The minimum atomic E-state index is -0.0358. The van der Waals surface area contributed by atoms with Gasteiger partial charge in [0.05, 0.1) is 12.6 Å². The van der Waals surface area contributed by atoms with Crippen LogP contribution < -0.4 is 10.1 Å². The van der Waals surface area contributed by atoms with Crippen molar-refractivity contribution >= 4 is 5.91 Å². The molecule has 1 unspecified atom stereocenters. The van der Waals surface area contributed by atoms with Crippen LogP contribution >= 0.6 is 0 Å². The topological polar surface area (TPSA) is 41.6 Å². The van der Waals surface area contributed by atoms with Crippen LogP contribution in [0.15, 0.2) is 42.5 Å². The Balaban J connectivity index is 1.70. The number of benzene rings is 2. The second kappa shape index (κ2) is 7.05. The number of carbonyl (C=O) groups is 1. The average molecular weight is 324 g/mol. The van der Waals surface area contributed by atoms with Crippen molar-refractivity contribution < 1.29 is 9.53 Å². The molecule has 24 heavy (non-hydrogen) atoms. The number of nitrogens with one attached hydrogen (secondary N) is 1. The first-order chi connectivity index (χ1) is 11.5. The first-order valence-electron chi connectivity index (χ1n) is 8.31. The van der Waals surface area contributed by atoms with Crippen LogP contribution in [0.4, 0.5) is 0 Å². The Morgan fingerprint density at radius 1 is 1.21 bits per heavy atom. The minimum absolute atomic E-state index is 0.0358. The number of aryl methyl sites for hydroxylation is 1. The van der Waals surface area contributed by atoms with E-state index in [9.17, 15) is 4.79 Å². The molecule has 4 nitrogen and oxygen atoms in total. The standard InChI is InChI=1S/C20H24N2O2/c1-14-4-6-15(7-5-14)20(23)21-13-18(22(2)3)16-8-9-19-17(12-16)10-11-24-19/h4-9,12,18H,10-11,13H2,1-3H3,(H,21,23). The van der Waals surface area contributed by atoms with E-state index in [1.165, 1.54) is 11.1 Å². The molecule has 0 aromatic heterocycles. The van der Waals surface area contributed by atoms with Crippen molar-refractivity contribution in [3.05, 3.63) is 64.7 Å². The highest BCUT2D eigenvalue weighted by Gasteiger charge is 2.19. The van der Waals surface area contributed by atoms with Gasteiger partial charge in [0.1, 0.15) is 5.75 Å². The van der Waals surface area contributed by atoms with Gasteiger partial charge in [-0.1, -0.05) is 29.8 Å². The van der Waals surface area contributed by atoms with Gasteiger partial charge in [-0.3, -0.25) is 4.79 Å². The van der Waals surface area contributed by atoms with Crippen molar-refractivity contribution in [3.8, 4) is 5.75 Å². The van der Waals surface area contributed by atoms with Crippen LogP contribution in [0.5, 0.6) is 5.75 Å². The zero-order chi connectivity index (χ0) is 17.1. The maximum atomic E-state index is 12.4. The monoisotopic (exact) mass is 324 g/mol. The molecule has 0 saturated heterocycles. The number of hydrogen-bond donors (Lipinski definition) is 1. The van der Waals surface area contributed by atoms with Crippen LogP contribution in [0.2, 0.25) is 0 Å². The van der Waals surface area contributed by atoms with Crippen LogP contribution in [-0.4, -0.2) is 38.1 Å². The Kier molecular flexibility index (Phi) is 4.86. The van der Waals surface area contributed by atoms with Gasteiger partial charge in [0.15, 0.2) is 0 Å². The molecule has 1 amide bonds. The molecule has 0 spiro atoms. The summed E-state index contributed by atoms with van der Waals surface area (Å²) in [5.41, 5.74) is 4.30. The van der Waals surface area contributed by atoms with Crippen molar-refractivity contribution in [2.75, 3.05) is 27.2 Å². The highest BCUT2D eigenvalue weighted by molar-refractivity contribution is 5.94. The Morgan fingerprint density at radius 3 is 2.67 bits per heavy atom. The fourth-order valence-electron chi connectivity index (χ4n) is 3.01. The Morgan fingerprint density at radius 2 is 1.96 bits per heavy atom. The minimum Gasteiger partial charge on any atom is -0.493 e. The fraction of sp³-hybridized carbons (Fsp3) is 0.350. The summed E-state index contributed by atoms with van der Waals surface area (Å²) in [6.45, 7) is 3.34. The van der Waals surface area contributed by atoms with E-state index in [0.29, 0.717) is 12.1 Å². The van der Waals surface area contributed by atoms with Crippen molar-refractivity contribution in [1.82, 2.24) is 10.2 Å². The van der Waals surface area contributed by atoms with Crippen molar-refractivity contribution in [1.29, 1.82) is 0 Å². The summed E-state index contributed by atoms with van der Waals surface area (Å²) >= 11 is 0. The summed E-state index contributed by atoms with van der Waals surface area (Å²) in [7, 11) is 4.07. The van der Waals surface area contributed by atoms with Gasteiger partial charge in [-0.2, -0.15) is 0 Å². The molecule has 0 fully saturated rings. The van der Waals surface area contributed by atoms with Gasteiger partial charge in [-0.15, -0.1) is 0 Å². The van der Waals surface area contributed by atoms with Crippen molar-refractivity contribution in [3.63, 3.8) is 0 Å². The van der Waals surface area contributed by atoms with Gasteiger partial charge >= 0.3 is 0 Å². The Hall–Kier alpha value is -2.33. The molecule has 4 heteroatoms. The van der Waals surface area contributed by atoms with Crippen molar-refractivity contribution in [2.45, 2.75) is 19.4 Å². The number of likely N-dealkylation sites (N-methyl/N-ethyl adjacent to an activating group) is 1. The molecule has 1 aliphatic heterocycles. The van der Waals surface area contributed by atoms with E-state index < -0.39 is 0 Å². The fourth-order valence-corrected chi connectivity index (χ4v) is 3.01. The quantitative estimate of drug-likeness (QED) is 0.919. The van der Waals surface area contributed by atoms with Crippen LogP contribution in [0.3, 0.4) is 0 Å². The van der Waals surface area contributed by atoms with Gasteiger partial charge in [0.25, 0.3) is 5.91 Å². The molecule has 0 radical (unpaired) electrons. The number of hydrogen-bond acceptors (Lipinski definition) is 3. The number of rotatable bonds is 5. The lowest BCUT2D eigenvalue weighted by Gasteiger charge is -2.25. The first-order valence-corrected chi connectivity index (χ1v) is 8.31. The van der Waals surface area contributed by atoms with Gasteiger partial charge < -0.3 is 15.0 Å². The van der Waals surface area contributed by atoms with Crippen LogP contribution in [0, 0.1) is 6.92 Å². The summed E-state index contributed by atoms with van der Waals surface area (Å²) in [6, 6.07) is 14.1. The summed E-state index contributed by atoms with van der Waals surface area (Å²) in [5.74, 6) is 0.950. The summed E-state index contributed by atoms with van der Waals surface area (Å²) in [4.78, 5) is 14.5. The van der Waals surface area contributed by atoms with Gasteiger partial charge in [0, 0.05) is 18.5 Å². The lowest BCUT2D eigenvalue weighted by molar-refractivity contribution is 0.0942. The largest absolute Gasteiger partial charge is 0.493 e. The highest BCUT2D eigenvalue weighted by atomic mass is 16.5. The molecular weight excluding hydrogens is 300 g/mol. The molecular formula is C20H24N2O2. The van der Waals surface area contributed by atoms with Crippen LogP contribution in [-0.2, 0) is 6.42 Å². The summed E-state index contributed by atoms with van der Waals surface area (Å²) in [6.07, 6.45) is 0.957. The van der Waals surface area contributed by atoms with Gasteiger partial charge in [-0.05, 0) is 50.3 Å². The molecule has 0 bridgehead atoms. The zero-order valence-corrected chi connectivity index (χ0v) is 14.5. The van der Waals surface area contributed by atoms with E-state index in [2.05, 4.69) is 22.3 Å². The maximum absolute atomic E-state index is 12.4. The molecule has 2 aromatic carbocycles. The molecule has 1 aliphatic rings. The van der Waals surface area contributed by atoms with E-state index in [1.54, 1.807) is 0 Å². The lowest BCUT2D eigenvalue weighted by Crippen LogP contribution is -2.34. The van der Waals surface area contributed by atoms with E-state index >= 15 is 0 Å². The summed E-state index contributed by atoms with van der Waals surface area (Å²) < 4.78 is 5.58. The van der Waals surface area contributed by atoms with Crippen molar-refractivity contribution in [2.24, 2.45) is 0 Å². The summed E-state index contributed by atoms with van der Waals surface area (Å²) in [5, 5.41) is 3.05. The lowest BCUT2D eigenvalue weighted by atomic mass is 10.0. The molecule has 126 valence electrons. The molecule has 1 N–H and O–H groups in total. The van der Waals surface area contributed by atoms with Crippen LogP contribution in [0.25, 0.3) is 0 Å². The normalized spacial score (nSPS) is 14.2. The number of fused-ring (bicyclic) bond motifs is 1. The second-order valence-corrected chi connectivity index (χ2v) is 6.52. The third kappa shape index (κ3) is 3.60. The third-order valence-corrected chi connectivity index (χ3v) is 4.49. The van der Waals surface area contributed by atoms with E-state index in [-0.39, 0.29) is 11.9 Å². The third-order valence-electron chi connectivity index (χ3n) is 4.49. The number of amides is 1. The zero-order valence-electron chi connectivity index (χ0n) is 14.5. The van der Waals surface area contributed by atoms with Gasteiger partial charge in [0.2, 0.25) is 0 Å². The van der Waals surface area contributed by atoms with E-state index in [1.807, 2.05) is 51.4 Å². The Bertz CT molecular complexity index is 723. The predicted molar refractivity (Wildman–Crippen MR) is 95.6 cm³/mol. The maximum Gasteiger partial charge on any atom is 0.251 e. The molecule has 3 rings (SSSR count).